The van der Waals surface area contributed by atoms with Gasteiger partial charge in [0, 0.05) is 17.6 Å². The first-order valence-corrected chi connectivity index (χ1v) is 5.35. The molecule has 0 aliphatic heterocycles. The summed E-state index contributed by atoms with van der Waals surface area (Å²) < 4.78 is 18.8. The average molecular weight is 277 g/mol. The third-order valence-electron chi connectivity index (χ3n) is 2.08. The summed E-state index contributed by atoms with van der Waals surface area (Å²) in [6.07, 6.45) is 0.614. The zero-order chi connectivity index (χ0) is 11.3. The summed E-state index contributed by atoms with van der Waals surface area (Å²) in [6.45, 7) is 0.486. The Bertz CT molecular complexity index is 322. The van der Waals surface area contributed by atoms with Gasteiger partial charge in [-0.1, -0.05) is 15.9 Å². The number of hydrazine groups is 1. The summed E-state index contributed by atoms with van der Waals surface area (Å²) in [6, 6.07) is 4.57. The number of ether oxygens (including phenoxy) is 1. The highest BCUT2D eigenvalue weighted by Crippen LogP contribution is 2.19. The van der Waals surface area contributed by atoms with Crippen molar-refractivity contribution < 1.29 is 9.13 Å². The average Bonchev–Trinajstić information content (AvgIpc) is 2.22. The van der Waals surface area contributed by atoms with Crippen molar-refractivity contribution >= 4 is 15.9 Å². The lowest BCUT2D eigenvalue weighted by atomic mass is 10.1. The van der Waals surface area contributed by atoms with Crippen molar-refractivity contribution in [3.8, 4) is 0 Å². The Morgan fingerprint density at radius 3 is 2.93 bits per heavy atom. The van der Waals surface area contributed by atoms with Crippen LogP contribution in [0.4, 0.5) is 4.39 Å². The minimum atomic E-state index is -0.249. The number of nitrogens with two attached hydrogens (primary N) is 1. The molecule has 1 unspecified atom stereocenters. The highest BCUT2D eigenvalue weighted by Gasteiger charge is 2.10. The van der Waals surface area contributed by atoms with Gasteiger partial charge in [-0.25, -0.2) is 4.39 Å². The molecule has 5 heteroatoms. The SMILES string of the molecule is COCC(Cc1cc(F)ccc1Br)NN. The number of hydrogen-bond donors (Lipinski definition) is 2. The van der Waals surface area contributed by atoms with Gasteiger partial charge in [-0.3, -0.25) is 11.3 Å². The number of benzene rings is 1. The van der Waals surface area contributed by atoms with E-state index in [0.29, 0.717) is 13.0 Å². The molecule has 1 aromatic rings. The van der Waals surface area contributed by atoms with Crippen LogP contribution in [0.25, 0.3) is 0 Å². The van der Waals surface area contributed by atoms with Crippen LogP contribution in [0.15, 0.2) is 22.7 Å². The van der Waals surface area contributed by atoms with Crippen molar-refractivity contribution in [2.75, 3.05) is 13.7 Å². The second-order valence-electron chi connectivity index (χ2n) is 3.26. The molecule has 0 bridgehead atoms. The van der Waals surface area contributed by atoms with Crippen molar-refractivity contribution in [1.82, 2.24) is 5.43 Å². The Hall–Kier alpha value is -0.490. The van der Waals surface area contributed by atoms with Gasteiger partial charge < -0.3 is 4.74 Å². The Kier molecular flexibility index (Phi) is 5.17. The Balaban J connectivity index is 2.73. The van der Waals surface area contributed by atoms with E-state index in [1.807, 2.05) is 0 Å². The summed E-state index contributed by atoms with van der Waals surface area (Å²) in [7, 11) is 1.60. The van der Waals surface area contributed by atoms with E-state index in [0.717, 1.165) is 10.0 Å². The first kappa shape index (κ1) is 12.6. The molecule has 84 valence electrons. The predicted molar refractivity (Wildman–Crippen MR) is 60.8 cm³/mol. The van der Waals surface area contributed by atoms with E-state index in [2.05, 4.69) is 21.4 Å². The molecule has 0 aliphatic carbocycles. The lowest BCUT2D eigenvalue weighted by Gasteiger charge is -2.15. The molecular formula is C10H14BrFN2O. The maximum atomic E-state index is 13.0. The lowest BCUT2D eigenvalue weighted by Crippen LogP contribution is -2.40. The van der Waals surface area contributed by atoms with E-state index < -0.39 is 0 Å². The molecule has 3 N–H and O–H groups in total. The molecule has 1 atom stereocenters. The molecule has 1 aromatic carbocycles. The Labute approximate surface area is 96.9 Å². The van der Waals surface area contributed by atoms with Crippen LogP contribution in [0.3, 0.4) is 0 Å². The first-order chi connectivity index (χ1) is 7.17. The van der Waals surface area contributed by atoms with Crippen LogP contribution in [0.1, 0.15) is 5.56 Å². The van der Waals surface area contributed by atoms with Gasteiger partial charge in [-0.2, -0.15) is 0 Å². The van der Waals surface area contributed by atoms with Gasteiger partial charge in [0.15, 0.2) is 0 Å². The Morgan fingerprint density at radius 2 is 2.33 bits per heavy atom. The molecule has 0 saturated heterocycles. The van der Waals surface area contributed by atoms with E-state index >= 15 is 0 Å². The monoisotopic (exact) mass is 276 g/mol. The largest absolute Gasteiger partial charge is 0.383 e. The summed E-state index contributed by atoms with van der Waals surface area (Å²) in [5, 5.41) is 0. The van der Waals surface area contributed by atoms with E-state index in [4.69, 9.17) is 10.6 Å². The van der Waals surface area contributed by atoms with Crippen LogP contribution >= 0.6 is 15.9 Å². The minimum absolute atomic E-state index is 0.0203. The zero-order valence-corrected chi connectivity index (χ0v) is 10.1. The number of halogens is 2. The zero-order valence-electron chi connectivity index (χ0n) is 8.47. The maximum absolute atomic E-state index is 13.0. The standard InChI is InChI=1S/C10H14BrFN2O/c1-15-6-9(14-13)5-7-4-8(12)2-3-10(7)11/h2-4,9,14H,5-6,13H2,1H3. The summed E-state index contributed by atoms with van der Waals surface area (Å²) in [4.78, 5) is 0. The van der Waals surface area contributed by atoms with E-state index in [-0.39, 0.29) is 11.9 Å². The molecule has 0 fully saturated rings. The van der Waals surface area contributed by atoms with Gasteiger partial charge in [0.1, 0.15) is 5.82 Å². The molecule has 0 heterocycles. The van der Waals surface area contributed by atoms with E-state index in [1.54, 1.807) is 13.2 Å². The van der Waals surface area contributed by atoms with Crippen molar-refractivity contribution in [3.63, 3.8) is 0 Å². The van der Waals surface area contributed by atoms with Crippen molar-refractivity contribution in [2.45, 2.75) is 12.5 Å². The molecule has 1 rings (SSSR count). The molecule has 0 spiro atoms. The third-order valence-corrected chi connectivity index (χ3v) is 2.85. The third kappa shape index (κ3) is 3.87. The summed E-state index contributed by atoms with van der Waals surface area (Å²) in [5.74, 6) is 5.11. The van der Waals surface area contributed by atoms with Crippen molar-refractivity contribution in [1.29, 1.82) is 0 Å². The fraction of sp³-hybridized carbons (Fsp3) is 0.400. The van der Waals surface area contributed by atoms with Gasteiger partial charge in [-0.05, 0) is 30.2 Å². The normalized spacial score (nSPS) is 12.8. The molecule has 0 aromatic heterocycles. The quantitative estimate of drug-likeness (QED) is 0.635. The van der Waals surface area contributed by atoms with Crippen molar-refractivity contribution in [2.24, 2.45) is 5.84 Å². The van der Waals surface area contributed by atoms with Gasteiger partial charge in [0.25, 0.3) is 0 Å². The fourth-order valence-electron chi connectivity index (χ4n) is 1.33. The number of methoxy groups -OCH3 is 1. The summed E-state index contributed by atoms with van der Waals surface area (Å²) >= 11 is 3.36. The molecule has 0 aliphatic rings. The van der Waals surface area contributed by atoms with Gasteiger partial charge >= 0.3 is 0 Å². The molecule has 0 saturated carbocycles. The lowest BCUT2D eigenvalue weighted by molar-refractivity contribution is 0.166. The smallest absolute Gasteiger partial charge is 0.123 e. The first-order valence-electron chi connectivity index (χ1n) is 4.56. The second-order valence-corrected chi connectivity index (χ2v) is 4.11. The molecule has 15 heavy (non-hydrogen) atoms. The van der Waals surface area contributed by atoms with Crippen LogP contribution in [-0.2, 0) is 11.2 Å². The highest BCUT2D eigenvalue weighted by atomic mass is 79.9. The molecular weight excluding hydrogens is 263 g/mol. The predicted octanol–water partition coefficient (Wildman–Crippen LogP) is 1.61. The summed E-state index contributed by atoms with van der Waals surface area (Å²) in [5.41, 5.74) is 3.50. The minimum Gasteiger partial charge on any atom is -0.383 e. The van der Waals surface area contributed by atoms with Gasteiger partial charge in [0.2, 0.25) is 0 Å². The number of rotatable bonds is 5. The van der Waals surface area contributed by atoms with Crippen LogP contribution in [-0.4, -0.2) is 19.8 Å². The fourth-order valence-corrected chi connectivity index (χ4v) is 1.74. The van der Waals surface area contributed by atoms with Gasteiger partial charge in [0.05, 0.1) is 6.61 Å². The second kappa shape index (κ2) is 6.17. The van der Waals surface area contributed by atoms with E-state index in [1.165, 1.54) is 12.1 Å². The highest BCUT2D eigenvalue weighted by molar-refractivity contribution is 9.10. The maximum Gasteiger partial charge on any atom is 0.123 e. The van der Waals surface area contributed by atoms with Crippen molar-refractivity contribution in [3.05, 3.63) is 34.1 Å². The molecule has 0 amide bonds. The van der Waals surface area contributed by atoms with E-state index in [9.17, 15) is 4.39 Å². The molecule has 3 nitrogen and oxygen atoms in total. The number of nitrogens with one attached hydrogen (secondary N) is 1. The van der Waals surface area contributed by atoms with Crippen LogP contribution < -0.4 is 11.3 Å². The molecule has 0 radical (unpaired) electrons. The van der Waals surface area contributed by atoms with Gasteiger partial charge in [-0.15, -0.1) is 0 Å². The Morgan fingerprint density at radius 1 is 1.60 bits per heavy atom. The number of hydrogen-bond acceptors (Lipinski definition) is 3. The topological polar surface area (TPSA) is 47.3 Å². The van der Waals surface area contributed by atoms with Crippen LogP contribution in [0.2, 0.25) is 0 Å². The van der Waals surface area contributed by atoms with Crippen LogP contribution in [0.5, 0.6) is 0 Å². The van der Waals surface area contributed by atoms with Crippen LogP contribution in [0, 0.1) is 5.82 Å².